The molecule has 3 amide bonds. The number of methoxy groups -OCH3 is 1. The van der Waals surface area contributed by atoms with E-state index in [1.807, 2.05) is 68.1 Å². The number of carbonyl (C=O) groups excluding carboxylic acids is 3. The molecule has 1 saturated heterocycles. The third-order valence-electron chi connectivity index (χ3n) is 7.31. The van der Waals surface area contributed by atoms with E-state index in [2.05, 4.69) is 11.4 Å². The minimum Gasteiger partial charge on any atom is -0.497 e. The van der Waals surface area contributed by atoms with Gasteiger partial charge in [-0.05, 0) is 72.9 Å². The van der Waals surface area contributed by atoms with Crippen LogP contribution in [0, 0.1) is 17.8 Å². The number of nitrogens with one attached hydrogen (secondary N) is 1. The van der Waals surface area contributed by atoms with E-state index in [4.69, 9.17) is 10.5 Å². The fraction of sp³-hybridized carbons (Fsp3) is 0.516. The van der Waals surface area contributed by atoms with E-state index in [-0.39, 0.29) is 17.7 Å². The van der Waals surface area contributed by atoms with Crippen molar-refractivity contribution >= 4 is 17.7 Å². The van der Waals surface area contributed by atoms with Crippen molar-refractivity contribution in [3.05, 3.63) is 54.1 Å². The summed E-state index contributed by atoms with van der Waals surface area (Å²) in [6, 6.07) is 15.5. The molecule has 0 saturated carbocycles. The summed E-state index contributed by atoms with van der Waals surface area (Å²) in [4.78, 5) is 41.1. The molecule has 1 aliphatic rings. The molecule has 206 valence electrons. The normalized spacial score (nSPS) is 17.6. The molecule has 3 rings (SSSR count). The number of rotatable bonds is 12. The average Bonchev–Trinajstić information content (AvgIpc) is 3.07. The molecule has 1 aliphatic heterocycles. The number of hydrogen-bond donors (Lipinski definition) is 2. The second-order valence-corrected chi connectivity index (χ2v) is 10.8. The number of nitrogens with two attached hydrogens (primary N) is 1. The summed E-state index contributed by atoms with van der Waals surface area (Å²) in [6.45, 7) is 7.16. The molecule has 0 aliphatic carbocycles. The van der Waals surface area contributed by atoms with Crippen LogP contribution in [0.4, 0.5) is 0 Å². The molecule has 1 fully saturated rings. The molecule has 38 heavy (non-hydrogen) atoms. The molecular formula is C31H43N3O4. The van der Waals surface area contributed by atoms with Crippen molar-refractivity contribution in [1.29, 1.82) is 0 Å². The number of primary amides is 1. The van der Waals surface area contributed by atoms with Crippen LogP contribution in [-0.4, -0.2) is 42.3 Å². The molecule has 0 radical (unpaired) electrons. The fourth-order valence-corrected chi connectivity index (χ4v) is 5.36. The summed E-state index contributed by atoms with van der Waals surface area (Å²) in [6.07, 6.45) is 4.20. The van der Waals surface area contributed by atoms with Crippen LogP contribution >= 0.6 is 0 Å². The Labute approximate surface area is 227 Å². The van der Waals surface area contributed by atoms with Crippen LogP contribution in [0.5, 0.6) is 5.75 Å². The van der Waals surface area contributed by atoms with E-state index in [1.165, 1.54) is 0 Å². The van der Waals surface area contributed by atoms with E-state index in [0.29, 0.717) is 32.4 Å². The summed E-state index contributed by atoms with van der Waals surface area (Å²) in [5.74, 6) is -0.800. The summed E-state index contributed by atoms with van der Waals surface area (Å²) in [5.41, 5.74) is 8.83. The van der Waals surface area contributed by atoms with Crippen molar-refractivity contribution in [3.8, 4) is 16.9 Å². The van der Waals surface area contributed by atoms with Crippen molar-refractivity contribution in [2.75, 3.05) is 13.7 Å². The molecule has 7 nitrogen and oxygen atoms in total. The highest BCUT2D eigenvalue weighted by atomic mass is 16.5. The van der Waals surface area contributed by atoms with Crippen LogP contribution in [0.3, 0.4) is 0 Å². The van der Waals surface area contributed by atoms with Gasteiger partial charge < -0.3 is 20.7 Å². The zero-order valence-electron chi connectivity index (χ0n) is 23.2. The summed E-state index contributed by atoms with van der Waals surface area (Å²) in [5, 5.41) is 3.02. The SMILES string of the molecule is CCC[C@H](C(N)=O)[C@@H](CC(C)C)C(=O)NC1CCCCN(Cc2cccc(-c3cccc(OC)c3)c2)C1=O. The predicted molar refractivity (Wildman–Crippen MR) is 150 cm³/mol. The highest BCUT2D eigenvalue weighted by molar-refractivity contribution is 5.91. The molecule has 0 spiro atoms. The largest absolute Gasteiger partial charge is 0.497 e. The van der Waals surface area contributed by atoms with E-state index >= 15 is 0 Å². The maximum Gasteiger partial charge on any atom is 0.245 e. The standard InChI is InChI=1S/C31H43N3O4/c1-5-10-26(29(32)35)27(17-21(2)3)30(36)33-28-15-6-7-16-34(31(28)37)20-22-11-8-12-23(18-22)24-13-9-14-25(19-24)38-4/h8-9,11-14,18-19,21,26-28H,5-7,10,15-17,20H2,1-4H3,(H2,32,35)(H,33,36)/t26-,27+,28?/m0/s1. The lowest BCUT2D eigenvalue weighted by Crippen LogP contribution is -2.50. The minimum absolute atomic E-state index is 0.0722. The zero-order valence-corrected chi connectivity index (χ0v) is 23.2. The van der Waals surface area contributed by atoms with Crippen LogP contribution in [-0.2, 0) is 20.9 Å². The lowest BCUT2D eigenvalue weighted by Gasteiger charge is -2.29. The monoisotopic (exact) mass is 521 g/mol. The van der Waals surface area contributed by atoms with Crippen LogP contribution in [0.25, 0.3) is 11.1 Å². The number of nitrogens with zero attached hydrogens (tertiary/aromatic N) is 1. The van der Waals surface area contributed by atoms with Crippen LogP contribution in [0.15, 0.2) is 48.5 Å². The van der Waals surface area contributed by atoms with Crippen molar-refractivity contribution < 1.29 is 19.1 Å². The summed E-state index contributed by atoms with van der Waals surface area (Å²) >= 11 is 0. The Bertz CT molecular complexity index is 1100. The first-order valence-corrected chi connectivity index (χ1v) is 13.8. The van der Waals surface area contributed by atoms with Gasteiger partial charge in [0.05, 0.1) is 7.11 Å². The van der Waals surface area contributed by atoms with Gasteiger partial charge in [-0.2, -0.15) is 0 Å². The Morgan fingerprint density at radius 2 is 1.79 bits per heavy atom. The van der Waals surface area contributed by atoms with Crippen molar-refractivity contribution in [3.63, 3.8) is 0 Å². The third kappa shape index (κ3) is 7.83. The Morgan fingerprint density at radius 3 is 2.45 bits per heavy atom. The molecule has 0 aromatic heterocycles. The zero-order chi connectivity index (χ0) is 27.7. The van der Waals surface area contributed by atoms with Gasteiger partial charge in [-0.1, -0.05) is 57.5 Å². The van der Waals surface area contributed by atoms with Crippen LogP contribution in [0.2, 0.25) is 0 Å². The Kier molecular flexibility index (Phi) is 10.7. The lowest BCUT2D eigenvalue weighted by atomic mass is 9.81. The number of hydrogen-bond acceptors (Lipinski definition) is 4. The minimum atomic E-state index is -0.601. The van der Waals surface area contributed by atoms with Gasteiger partial charge in [-0.15, -0.1) is 0 Å². The van der Waals surface area contributed by atoms with Gasteiger partial charge in [0.25, 0.3) is 0 Å². The first-order chi connectivity index (χ1) is 18.2. The average molecular weight is 522 g/mol. The van der Waals surface area contributed by atoms with E-state index < -0.39 is 23.8 Å². The van der Waals surface area contributed by atoms with Gasteiger partial charge in [0.15, 0.2) is 0 Å². The van der Waals surface area contributed by atoms with Gasteiger partial charge in [0, 0.05) is 24.9 Å². The van der Waals surface area contributed by atoms with E-state index in [9.17, 15) is 14.4 Å². The van der Waals surface area contributed by atoms with Crippen molar-refractivity contribution in [2.45, 2.75) is 71.9 Å². The molecular weight excluding hydrogens is 478 g/mol. The smallest absolute Gasteiger partial charge is 0.245 e. The van der Waals surface area contributed by atoms with Gasteiger partial charge in [0.2, 0.25) is 17.7 Å². The second kappa shape index (κ2) is 14.0. The first kappa shape index (κ1) is 29.2. The molecule has 3 atom stereocenters. The maximum absolute atomic E-state index is 13.6. The van der Waals surface area contributed by atoms with Gasteiger partial charge in [-0.25, -0.2) is 0 Å². The predicted octanol–water partition coefficient (Wildman–Crippen LogP) is 4.92. The fourth-order valence-electron chi connectivity index (χ4n) is 5.36. The highest BCUT2D eigenvalue weighted by Gasteiger charge is 2.35. The van der Waals surface area contributed by atoms with Gasteiger partial charge >= 0.3 is 0 Å². The molecule has 7 heteroatoms. The quantitative estimate of drug-likeness (QED) is 0.414. The third-order valence-corrected chi connectivity index (χ3v) is 7.31. The summed E-state index contributed by atoms with van der Waals surface area (Å²) in [7, 11) is 1.65. The van der Waals surface area contributed by atoms with Gasteiger partial charge in [0.1, 0.15) is 11.8 Å². The number of benzene rings is 2. The Balaban J connectivity index is 1.76. The highest BCUT2D eigenvalue weighted by Crippen LogP contribution is 2.27. The lowest BCUT2D eigenvalue weighted by molar-refractivity contribution is -0.139. The molecule has 0 bridgehead atoms. The van der Waals surface area contributed by atoms with E-state index in [1.54, 1.807) is 7.11 Å². The number of amides is 3. The Morgan fingerprint density at radius 1 is 1.08 bits per heavy atom. The Hall–Kier alpha value is -3.35. The first-order valence-electron chi connectivity index (χ1n) is 13.8. The number of likely N-dealkylation sites (tertiary alicyclic amines) is 1. The van der Waals surface area contributed by atoms with Crippen LogP contribution < -0.4 is 15.8 Å². The molecule has 2 aromatic carbocycles. The molecule has 3 N–H and O–H groups in total. The number of carbonyl (C=O) groups is 3. The van der Waals surface area contributed by atoms with E-state index in [0.717, 1.165) is 41.7 Å². The molecule has 1 heterocycles. The number of ether oxygens (including phenoxy) is 1. The second-order valence-electron chi connectivity index (χ2n) is 10.8. The topological polar surface area (TPSA) is 102 Å². The van der Waals surface area contributed by atoms with Crippen LogP contribution in [0.1, 0.15) is 64.9 Å². The van der Waals surface area contributed by atoms with Gasteiger partial charge in [-0.3, -0.25) is 14.4 Å². The maximum atomic E-state index is 13.6. The molecule has 2 aromatic rings. The molecule has 1 unspecified atom stereocenters. The summed E-state index contributed by atoms with van der Waals surface area (Å²) < 4.78 is 5.37. The van der Waals surface area contributed by atoms with Crippen molar-refractivity contribution in [2.24, 2.45) is 23.5 Å². The van der Waals surface area contributed by atoms with Crippen molar-refractivity contribution in [1.82, 2.24) is 10.2 Å².